The van der Waals surface area contributed by atoms with E-state index in [0.29, 0.717) is 13.1 Å². The van der Waals surface area contributed by atoms with E-state index in [-0.39, 0.29) is 5.75 Å². The van der Waals surface area contributed by atoms with Crippen LogP contribution in [0.2, 0.25) is 0 Å². The molecule has 5 nitrogen and oxygen atoms in total. The monoisotopic (exact) mass is 230 g/mol. The first-order chi connectivity index (χ1) is 8.24. The maximum atomic E-state index is 9.09. The second-order valence-corrected chi connectivity index (χ2v) is 3.71. The second kappa shape index (κ2) is 5.36. The molecule has 17 heavy (non-hydrogen) atoms. The highest BCUT2D eigenvalue weighted by Crippen LogP contribution is 2.05. The number of nitrogens with zero attached hydrogens (tertiary/aromatic N) is 3. The fourth-order valence-electron chi connectivity index (χ4n) is 1.44. The number of aromatic hydroxyl groups is 1. The van der Waals surface area contributed by atoms with E-state index < -0.39 is 0 Å². The van der Waals surface area contributed by atoms with E-state index in [9.17, 15) is 0 Å². The average Bonchev–Trinajstić information content (AvgIpc) is 2.32. The lowest BCUT2D eigenvalue weighted by Gasteiger charge is -2.04. The Morgan fingerprint density at radius 3 is 2.65 bits per heavy atom. The predicted molar refractivity (Wildman–Crippen MR) is 63.2 cm³/mol. The van der Waals surface area contributed by atoms with Crippen molar-refractivity contribution in [1.29, 1.82) is 0 Å². The molecule has 0 spiro atoms. The zero-order valence-corrected chi connectivity index (χ0v) is 9.59. The Labute approximate surface area is 99.6 Å². The van der Waals surface area contributed by atoms with Gasteiger partial charge in [0.25, 0.3) is 0 Å². The largest absolute Gasteiger partial charge is 0.506 e. The Morgan fingerprint density at radius 2 is 1.94 bits per heavy atom. The molecule has 0 aliphatic heterocycles. The smallest absolute Gasteiger partial charge is 0.133 e. The normalized spacial score (nSPS) is 10.4. The van der Waals surface area contributed by atoms with Crippen LogP contribution in [0, 0.1) is 6.92 Å². The van der Waals surface area contributed by atoms with E-state index in [0.717, 1.165) is 17.2 Å². The van der Waals surface area contributed by atoms with Crippen molar-refractivity contribution >= 4 is 0 Å². The maximum absolute atomic E-state index is 9.09. The van der Waals surface area contributed by atoms with Crippen molar-refractivity contribution in [2.45, 2.75) is 20.0 Å². The molecule has 0 aliphatic rings. The lowest BCUT2D eigenvalue weighted by atomic mass is 10.3. The molecule has 0 aliphatic carbocycles. The first-order valence-corrected chi connectivity index (χ1v) is 5.37. The number of hydrogen-bond acceptors (Lipinski definition) is 5. The average molecular weight is 230 g/mol. The number of hydrogen-bond donors (Lipinski definition) is 2. The minimum absolute atomic E-state index is 0.181. The summed E-state index contributed by atoms with van der Waals surface area (Å²) in [5.74, 6) is 0.951. The van der Waals surface area contributed by atoms with Crippen LogP contribution in [0.5, 0.6) is 5.75 Å². The topological polar surface area (TPSA) is 70.9 Å². The number of aryl methyl sites for hydroxylation is 1. The van der Waals surface area contributed by atoms with E-state index in [2.05, 4.69) is 20.3 Å². The molecule has 2 rings (SSSR count). The van der Waals surface area contributed by atoms with Gasteiger partial charge in [-0.1, -0.05) is 0 Å². The highest BCUT2D eigenvalue weighted by Gasteiger charge is 1.97. The van der Waals surface area contributed by atoms with Gasteiger partial charge in [0.15, 0.2) is 0 Å². The summed E-state index contributed by atoms with van der Waals surface area (Å²) in [6, 6.07) is 5.29. The van der Waals surface area contributed by atoms with Gasteiger partial charge in [0, 0.05) is 19.3 Å². The first kappa shape index (κ1) is 11.5. The van der Waals surface area contributed by atoms with Gasteiger partial charge in [-0.3, -0.25) is 4.98 Å². The molecule has 0 fully saturated rings. The lowest BCUT2D eigenvalue weighted by molar-refractivity contribution is 0.471. The van der Waals surface area contributed by atoms with E-state index in [1.54, 1.807) is 18.3 Å². The minimum Gasteiger partial charge on any atom is -0.506 e. The molecule has 2 aromatic heterocycles. The van der Waals surface area contributed by atoms with E-state index in [1.807, 2.05) is 13.0 Å². The second-order valence-electron chi connectivity index (χ2n) is 3.71. The van der Waals surface area contributed by atoms with Gasteiger partial charge in [-0.05, 0) is 25.1 Å². The molecular weight excluding hydrogens is 216 g/mol. The van der Waals surface area contributed by atoms with E-state index in [4.69, 9.17) is 5.11 Å². The van der Waals surface area contributed by atoms with Gasteiger partial charge < -0.3 is 10.4 Å². The van der Waals surface area contributed by atoms with Crippen LogP contribution in [-0.2, 0) is 13.1 Å². The van der Waals surface area contributed by atoms with Gasteiger partial charge in [-0.25, -0.2) is 9.97 Å². The summed E-state index contributed by atoms with van der Waals surface area (Å²) in [6.45, 7) is 3.18. The quantitative estimate of drug-likeness (QED) is 0.825. The van der Waals surface area contributed by atoms with Crippen molar-refractivity contribution in [2.75, 3.05) is 0 Å². The summed E-state index contributed by atoms with van der Waals surface area (Å²) in [5, 5.41) is 12.3. The van der Waals surface area contributed by atoms with Crippen molar-refractivity contribution in [3.63, 3.8) is 0 Å². The molecule has 0 unspecified atom stereocenters. The molecule has 2 heterocycles. The Bertz CT molecular complexity index is 484. The Hall–Kier alpha value is -2.01. The van der Waals surface area contributed by atoms with Crippen LogP contribution in [0.4, 0.5) is 0 Å². The molecule has 2 aromatic rings. The van der Waals surface area contributed by atoms with Crippen LogP contribution in [0.1, 0.15) is 17.2 Å². The van der Waals surface area contributed by atoms with E-state index in [1.165, 1.54) is 6.20 Å². The Kier molecular flexibility index (Phi) is 3.62. The van der Waals surface area contributed by atoms with Crippen molar-refractivity contribution in [3.05, 3.63) is 47.8 Å². The summed E-state index contributed by atoms with van der Waals surface area (Å²) < 4.78 is 0. The standard InChI is InChI=1S/C12H14N4O/c1-9-14-5-4-11(16-9)7-13-6-10-2-3-12(17)8-15-10/h2-5,8,13,17H,6-7H2,1H3. The van der Waals surface area contributed by atoms with Crippen LogP contribution in [-0.4, -0.2) is 20.1 Å². The molecule has 2 N–H and O–H groups in total. The van der Waals surface area contributed by atoms with Crippen molar-refractivity contribution in [2.24, 2.45) is 0 Å². The lowest BCUT2D eigenvalue weighted by Crippen LogP contribution is -2.14. The number of nitrogens with one attached hydrogen (secondary N) is 1. The van der Waals surface area contributed by atoms with Crippen LogP contribution in [0.25, 0.3) is 0 Å². The van der Waals surface area contributed by atoms with E-state index >= 15 is 0 Å². The third-order valence-corrected chi connectivity index (χ3v) is 2.26. The van der Waals surface area contributed by atoms with Gasteiger partial charge in [-0.2, -0.15) is 0 Å². The molecule has 0 saturated heterocycles. The van der Waals surface area contributed by atoms with Gasteiger partial charge in [0.1, 0.15) is 11.6 Å². The van der Waals surface area contributed by atoms with Crippen molar-refractivity contribution in [1.82, 2.24) is 20.3 Å². The summed E-state index contributed by atoms with van der Waals surface area (Å²) in [6.07, 6.45) is 3.18. The van der Waals surface area contributed by atoms with Crippen LogP contribution >= 0.6 is 0 Å². The van der Waals surface area contributed by atoms with Crippen LogP contribution < -0.4 is 5.32 Å². The van der Waals surface area contributed by atoms with Crippen LogP contribution in [0.15, 0.2) is 30.6 Å². The molecule has 88 valence electrons. The number of rotatable bonds is 4. The Morgan fingerprint density at radius 1 is 1.12 bits per heavy atom. The number of pyridine rings is 1. The molecular formula is C12H14N4O. The molecule has 0 aromatic carbocycles. The third kappa shape index (κ3) is 3.49. The van der Waals surface area contributed by atoms with Gasteiger partial charge in [-0.15, -0.1) is 0 Å². The fourth-order valence-corrected chi connectivity index (χ4v) is 1.44. The van der Waals surface area contributed by atoms with Crippen molar-refractivity contribution < 1.29 is 5.11 Å². The third-order valence-electron chi connectivity index (χ3n) is 2.26. The van der Waals surface area contributed by atoms with Gasteiger partial charge in [0.2, 0.25) is 0 Å². The molecule has 0 bridgehead atoms. The predicted octanol–water partition coefficient (Wildman–Crippen LogP) is 1.18. The highest BCUT2D eigenvalue weighted by atomic mass is 16.3. The van der Waals surface area contributed by atoms with Gasteiger partial charge in [0.05, 0.1) is 17.6 Å². The SMILES string of the molecule is Cc1nccc(CNCc2ccc(O)cn2)n1. The zero-order chi connectivity index (χ0) is 12.1. The first-order valence-electron chi connectivity index (χ1n) is 5.37. The zero-order valence-electron chi connectivity index (χ0n) is 9.59. The van der Waals surface area contributed by atoms with Crippen LogP contribution in [0.3, 0.4) is 0 Å². The van der Waals surface area contributed by atoms with Crippen molar-refractivity contribution in [3.8, 4) is 5.75 Å². The molecule has 0 radical (unpaired) electrons. The molecule has 0 amide bonds. The molecule has 5 heteroatoms. The highest BCUT2D eigenvalue weighted by molar-refractivity contribution is 5.17. The minimum atomic E-state index is 0.181. The summed E-state index contributed by atoms with van der Waals surface area (Å²) in [7, 11) is 0. The summed E-state index contributed by atoms with van der Waals surface area (Å²) in [4.78, 5) is 12.4. The summed E-state index contributed by atoms with van der Waals surface area (Å²) in [5.41, 5.74) is 1.84. The fraction of sp³-hybridized carbons (Fsp3) is 0.250. The Balaban J connectivity index is 1.85. The number of aromatic nitrogens is 3. The molecule has 0 atom stereocenters. The molecule has 0 saturated carbocycles. The maximum Gasteiger partial charge on any atom is 0.133 e. The van der Waals surface area contributed by atoms with Gasteiger partial charge >= 0.3 is 0 Å². The summed E-state index contributed by atoms with van der Waals surface area (Å²) >= 11 is 0.